The number of hydrogen-bond donors (Lipinski definition) is 0. The molecule has 1 aromatic heterocycles. The zero-order valence-corrected chi connectivity index (χ0v) is 14.7. The predicted molar refractivity (Wildman–Crippen MR) is 95.1 cm³/mol. The van der Waals surface area contributed by atoms with Crippen LogP contribution in [-0.4, -0.2) is 33.1 Å². The van der Waals surface area contributed by atoms with Crippen molar-refractivity contribution in [3.05, 3.63) is 46.3 Å². The molecule has 1 aliphatic rings. The average molecular weight is 354 g/mol. The van der Waals surface area contributed by atoms with Crippen molar-refractivity contribution in [2.75, 3.05) is 21.3 Å². The first-order valence-corrected chi connectivity index (χ1v) is 8.37. The summed E-state index contributed by atoms with van der Waals surface area (Å²) in [5.74, 6) is 0.437. The van der Waals surface area contributed by atoms with Gasteiger partial charge in [0.05, 0.1) is 26.0 Å². The summed E-state index contributed by atoms with van der Waals surface area (Å²) in [6.07, 6.45) is 0. The third-order valence-corrected chi connectivity index (χ3v) is 5.53. The minimum absolute atomic E-state index is 0.0942. The molecule has 0 N–H and O–H groups in total. The molecule has 0 bridgehead atoms. The lowest BCUT2D eigenvalue weighted by Gasteiger charge is -2.19. The van der Waals surface area contributed by atoms with Gasteiger partial charge in [0.2, 0.25) is 0 Å². The molecular weight excluding hydrogens is 340 g/mol. The molecule has 25 heavy (non-hydrogen) atoms. The Hall–Kier alpha value is -2.86. The van der Waals surface area contributed by atoms with Crippen LogP contribution in [0.2, 0.25) is 0 Å². The Morgan fingerprint density at radius 1 is 1.00 bits per heavy atom. The Balaban J connectivity index is 2.23. The van der Waals surface area contributed by atoms with Gasteiger partial charge >= 0.3 is 5.97 Å². The highest BCUT2D eigenvalue weighted by atomic mass is 32.1. The Kier molecular flexibility index (Phi) is 3.51. The zero-order chi connectivity index (χ0) is 17.7. The molecule has 3 aromatic rings. The Morgan fingerprint density at radius 3 is 2.36 bits per heavy atom. The third kappa shape index (κ3) is 2.01. The van der Waals surface area contributed by atoms with Crippen molar-refractivity contribution in [1.29, 1.82) is 0 Å². The van der Waals surface area contributed by atoms with Crippen LogP contribution in [-0.2, 0) is 4.74 Å². The average Bonchev–Trinajstić information content (AvgIpc) is 3.05. The number of fused-ring (bicyclic) bond motifs is 2. The van der Waals surface area contributed by atoms with E-state index in [2.05, 4.69) is 0 Å². The van der Waals surface area contributed by atoms with Gasteiger partial charge in [-0.05, 0) is 11.6 Å². The molecule has 0 aliphatic heterocycles. The highest BCUT2D eigenvalue weighted by Gasteiger charge is 2.34. The Bertz CT molecular complexity index is 1050. The predicted octanol–water partition coefficient (Wildman–Crippen LogP) is 3.92. The van der Waals surface area contributed by atoms with Gasteiger partial charge in [-0.2, -0.15) is 0 Å². The van der Waals surface area contributed by atoms with Crippen LogP contribution in [0.15, 0.2) is 30.3 Å². The minimum atomic E-state index is -0.438. The number of benzene rings is 2. The second kappa shape index (κ2) is 5.60. The third-order valence-electron chi connectivity index (χ3n) is 4.36. The maximum atomic E-state index is 13.0. The number of hydrogen-bond acceptors (Lipinski definition) is 6. The molecule has 1 heterocycles. The molecule has 126 valence electrons. The van der Waals surface area contributed by atoms with Gasteiger partial charge in [-0.1, -0.05) is 24.3 Å². The fourth-order valence-corrected chi connectivity index (χ4v) is 4.57. The maximum Gasteiger partial charge on any atom is 0.348 e. The van der Waals surface area contributed by atoms with Crippen LogP contribution in [0.5, 0.6) is 11.5 Å². The van der Waals surface area contributed by atoms with E-state index < -0.39 is 5.97 Å². The second-order valence-corrected chi connectivity index (χ2v) is 6.56. The molecule has 1 aliphatic carbocycles. The van der Waals surface area contributed by atoms with Crippen LogP contribution in [0, 0.1) is 0 Å². The number of ketones is 1. The summed E-state index contributed by atoms with van der Waals surface area (Å²) in [6, 6.07) is 8.95. The van der Waals surface area contributed by atoms with Crippen molar-refractivity contribution in [3.8, 4) is 22.6 Å². The van der Waals surface area contributed by atoms with Gasteiger partial charge in [-0.25, -0.2) is 4.79 Å². The normalized spacial score (nSPS) is 12.0. The molecule has 5 nitrogen and oxygen atoms in total. The summed E-state index contributed by atoms with van der Waals surface area (Å²) < 4.78 is 16.6. The van der Waals surface area contributed by atoms with Crippen molar-refractivity contribution < 1.29 is 23.8 Å². The van der Waals surface area contributed by atoms with Crippen LogP contribution in [0.1, 0.15) is 25.6 Å². The van der Waals surface area contributed by atoms with Crippen LogP contribution in [0.4, 0.5) is 0 Å². The van der Waals surface area contributed by atoms with Crippen molar-refractivity contribution in [3.63, 3.8) is 0 Å². The molecule has 2 aromatic carbocycles. The highest BCUT2D eigenvalue weighted by molar-refractivity contribution is 7.22. The van der Waals surface area contributed by atoms with Crippen molar-refractivity contribution in [1.82, 2.24) is 0 Å². The van der Waals surface area contributed by atoms with E-state index in [-0.39, 0.29) is 5.78 Å². The van der Waals surface area contributed by atoms with E-state index in [1.807, 2.05) is 18.2 Å². The topological polar surface area (TPSA) is 61.8 Å². The molecular formula is C19H14O5S. The van der Waals surface area contributed by atoms with Gasteiger partial charge in [0.25, 0.3) is 0 Å². The lowest BCUT2D eigenvalue weighted by molar-refractivity contribution is 0.0607. The molecule has 4 rings (SSSR count). The number of esters is 1. The SMILES string of the molecule is COC(=O)c1sc2c(OC)c(OC)cc3c2c1-c1ccccc1C3=O. The van der Waals surface area contributed by atoms with E-state index in [9.17, 15) is 9.59 Å². The maximum absolute atomic E-state index is 13.0. The standard InChI is InChI=1S/C19H14O5S/c1-22-12-8-11-14-13(9-6-4-5-7-10(9)15(11)20)18(19(21)24-3)25-17(14)16(12)23-2/h4-8H,1-3H3. The minimum Gasteiger partial charge on any atom is -0.493 e. The van der Waals surface area contributed by atoms with Crippen molar-refractivity contribution >= 4 is 33.2 Å². The van der Waals surface area contributed by atoms with Crippen molar-refractivity contribution in [2.45, 2.75) is 0 Å². The van der Waals surface area contributed by atoms with Crippen LogP contribution in [0.3, 0.4) is 0 Å². The molecule has 0 atom stereocenters. The number of rotatable bonds is 3. The first-order valence-electron chi connectivity index (χ1n) is 7.56. The second-order valence-electron chi connectivity index (χ2n) is 5.54. The van der Waals surface area contributed by atoms with Gasteiger partial charge < -0.3 is 14.2 Å². The van der Waals surface area contributed by atoms with Crippen LogP contribution < -0.4 is 9.47 Å². The van der Waals surface area contributed by atoms with Crippen LogP contribution >= 0.6 is 11.3 Å². The number of thiophene rings is 1. The Labute approximate surface area is 147 Å². The van der Waals surface area contributed by atoms with Crippen molar-refractivity contribution in [2.24, 2.45) is 0 Å². The summed E-state index contributed by atoms with van der Waals surface area (Å²) in [6.45, 7) is 0. The first kappa shape index (κ1) is 15.7. The number of methoxy groups -OCH3 is 3. The van der Waals surface area contributed by atoms with Gasteiger partial charge in [-0.3, -0.25) is 4.79 Å². The highest BCUT2D eigenvalue weighted by Crippen LogP contribution is 2.51. The number of ether oxygens (including phenoxy) is 3. The molecule has 0 saturated carbocycles. The molecule has 0 saturated heterocycles. The van der Waals surface area contributed by atoms with Gasteiger partial charge in [-0.15, -0.1) is 11.3 Å². The fourth-order valence-electron chi connectivity index (χ4n) is 3.29. The van der Waals surface area contributed by atoms with E-state index in [1.54, 1.807) is 12.1 Å². The van der Waals surface area contributed by atoms with E-state index in [0.29, 0.717) is 37.6 Å². The van der Waals surface area contributed by atoms with Gasteiger partial charge in [0.15, 0.2) is 17.3 Å². The first-order chi connectivity index (χ1) is 12.1. The summed E-state index contributed by atoms with van der Waals surface area (Å²) >= 11 is 1.25. The largest absolute Gasteiger partial charge is 0.493 e. The molecule has 0 fully saturated rings. The number of carbonyl (C=O) groups is 2. The fraction of sp³-hybridized carbons (Fsp3) is 0.158. The lowest BCUT2D eigenvalue weighted by atomic mass is 9.84. The monoisotopic (exact) mass is 354 g/mol. The zero-order valence-electron chi connectivity index (χ0n) is 13.8. The number of carbonyl (C=O) groups excluding carboxylic acids is 2. The molecule has 6 heteroatoms. The van der Waals surface area contributed by atoms with Gasteiger partial charge in [0, 0.05) is 22.1 Å². The quantitative estimate of drug-likeness (QED) is 0.522. The molecule has 0 amide bonds. The van der Waals surface area contributed by atoms with E-state index in [0.717, 1.165) is 11.1 Å². The smallest absolute Gasteiger partial charge is 0.348 e. The molecule has 0 spiro atoms. The summed E-state index contributed by atoms with van der Waals surface area (Å²) in [5, 5.41) is 0.715. The van der Waals surface area contributed by atoms with E-state index in [1.165, 1.54) is 32.7 Å². The van der Waals surface area contributed by atoms with Crippen LogP contribution in [0.25, 0.3) is 21.2 Å². The van der Waals surface area contributed by atoms with E-state index in [4.69, 9.17) is 14.2 Å². The van der Waals surface area contributed by atoms with E-state index >= 15 is 0 Å². The summed E-state index contributed by atoms with van der Waals surface area (Å²) in [4.78, 5) is 25.8. The van der Waals surface area contributed by atoms with Gasteiger partial charge in [0.1, 0.15) is 4.88 Å². The lowest BCUT2D eigenvalue weighted by Crippen LogP contribution is -2.11. The molecule has 0 radical (unpaired) electrons. The Morgan fingerprint density at radius 2 is 1.72 bits per heavy atom. The summed E-state index contributed by atoms with van der Waals surface area (Å²) in [5.41, 5.74) is 2.52. The summed E-state index contributed by atoms with van der Waals surface area (Å²) in [7, 11) is 4.40. The molecule has 0 unspecified atom stereocenters.